The molecule has 2 aliphatic rings. The van der Waals surface area contributed by atoms with Crippen molar-refractivity contribution < 1.29 is 18.8 Å². The van der Waals surface area contributed by atoms with Gasteiger partial charge in [0.2, 0.25) is 0 Å². The third-order valence-corrected chi connectivity index (χ3v) is 6.66. The first-order valence-electron chi connectivity index (χ1n) is 11.2. The molecule has 0 spiro atoms. The van der Waals surface area contributed by atoms with Gasteiger partial charge in [-0.3, -0.25) is 14.5 Å². The number of carbonyl (C=O) groups is 3. The van der Waals surface area contributed by atoms with E-state index in [1.54, 1.807) is 43.3 Å². The molecule has 8 nitrogen and oxygen atoms in total. The van der Waals surface area contributed by atoms with Crippen LogP contribution in [-0.4, -0.2) is 40.0 Å². The number of nitrogens with one attached hydrogen (secondary N) is 1. The van der Waals surface area contributed by atoms with Gasteiger partial charge in [-0.25, -0.2) is 9.80 Å². The second-order valence-corrected chi connectivity index (χ2v) is 9.28. The van der Waals surface area contributed by atoms with Crippen LogP contribution in [0.1, 0.15) is 41.8 Å². The largest absolute Gasteiger partial charge is 0.467 e. The van der Waals surface area contributed by atoms with E-state index in [-0.39, 0.29) is 0 Å². The number of carbonyl (C=O) groups excluding carboxylic acids is 3. The summed E-state index contributed by atoms with van der Waals surface area (Å²) < 4.78 is 5.58. The Bertz CT molecular complexity index is 1320. The van der Waals surface area contributed by atoms with Gasteiger partial charge in [-0.1, -0.05) is 53.6 Å². The molecule has 2 unspecified atom stereocenters. The number of aryl methyl sites for hydroxylation is 1. The fourth-order valence-electron chi connectivity index (χ4n) is 4.39. The van der Waals surface area contributed by atoms with Crippen LogP contribution in [0.15, 0.2) is 76.4 Å². The summed E-state index contributed by atoms with van der Waals surface area (Å²) in [7, 11) is 0. The first-order valence-corrected chi connectivity index (χ1v) is 11.5. The van der Waals surface area contributed by atoms with Crippen molar-refractivity contribution in [1.82, 2.24) is 15.2 Å². The molecule has 178 valence electrons. The molecule has 0 radical (unpaired) electrons. The summed E-state index contributed by atoms with van der Waals surface area (Å²) in [5.41, 5.74) is 2.01. The first kappa shape index (κ1) is 22.9. The van der Waals surface area contributed by atoms with E-state index in [1.165, 1.54) is 11.3 Å². The second-order valence-electron chi connectivity index (χ2n) is 8.84. The van der Waals surface area contributed by atoms with Crippen LogP contribution < -0.4 is 5.32 Å². The molecule has 5 rings (SSSR count). The number of halogens is 1. The molecule has 1 N–H and O–H groups in total. The summed E-state index contributed by atoms with van der Waals surface area (Å²) in [5, 5.41) is 9.11. The van der Waals surface area contributed by atoms with Crippen LogP contribution in [0.3, 0.4) is 0 Å². The quantitative estimate of drug-likeness (QED) is 0.537. The summed E-state index contributed by atoms with van der Waals surface area (Å²) in [4.78, 5) is 40.4. The fraction of sp³-hybridized carbons (Fsp3) is 0.231. The van der Waals surface area contributed by atoms with E-state index in [1.807, 2.05) is 31.2 Å². The highest BCUT2D eigenvalue weighted by Gasteiger charge is 2.50. The summed E-state index contributed by atoms with van der Waals surface area (Å²) in [6, 6.07) is 16.9. The molecule has 9 heteroatoms. The van der Waals surface area contributed by atoms with Gasteiger partial charge in [0.15, 0.2) is 0 Å². The molecule has 0 saturated carbocycles. The van der Waals surface area contributed by atoms with Crippen molar-refractivity contribution in [2.45, 2.75) is 31.8 Å². The predicted molar refractivity (Wildman–Crippen MR) is 130 cm³/mol. The van der Waals surface area contributed by atoms with Crippen molar-refractivity contribution in [3.05, 3.63) is 94.4 Å². The van der Waals surface area contributed by atoms with Crippen LogP contribution in [-0.2, 0) is 15.1 Å². The van der Waals surface area contributed by atoms with Crippen LogP contribution in [0.5, 0.6) is 0 Å². The molecular formula is C26H23ClN4O4. The Hall–Kier alpha value is -3.91. The van der Waals surface area contributed by atoms with E-state index >= 15 is 0 Å². The number of nitrogens with zero attached hydrogens (tertiary/aromatic N) is 3. The van der Waals surface area contributed by atoms with Gasteiger partial charge in [-0.05, 0) is 49.2 Å². The van der Waals surface area contributed by atoms with Crippen LogP contribution >= 0.6 is 11.6 Å². The Morgan fingerprint density at radius 2 is 1.86 bits per heavy atom. The molecule has 2 atom stereocenters. The normalized spacial score (nSPS) is 21.9. The number of hydrogen-bond acceptors (Lipinski definition) is 5. The average Bonchev–Trinajstić information content (AvgIpc) is 3.56. The second kappa shape index (κ2) is 8.70. The van der Waals surface area contributed by atoms with Crippen molar-refractivity contribution >= 4 is 35.2 Å². The number of imide groups is 1. The number of amides is 4. The van der Waals surface area contributed by atoms with Gasteiger partial charge < -0.3 is 9.73 Å². The summed E-state index contributed by atoms with van der Waals surface area (Å²) in [6.45, 7) is 3.16. The lowest BCUT2D eigenvalue weighted by Crippen LogP contribution is -2.43. The Morgan fingerprint density at radius 3 is 2.51 bits per heavy atom. The van der Waals surface area contributed by atoms with Crippen molar-refractivity contribution in [3.8, 4) is 0 Å². The molecule has 2 aliphatic heterocycles. The standard InChI is InChI=1S/C26H23ClN4O4/c1-16-5-7-17(8-6-16)20-14-21(22-4-3-13-35-22)31(29-20)23(32)15-30-24(33)26(2,28-25(30)34)18-9-11-19(27)12-10-18/h3-13,21H,14-15H2,1-2H3,(H,28,34). The Labute approximate surface area is 207 Å². The zero-order valence-corrected chi connectivity index (χ0v) is 20.0. The number of hydrazone groups is 1. The van der Waals surface area contributed by atoms with E-state index in [0.717, 1.165) is 21.7 Å². The maximum atomic E-state index is 13.4. The predicted octanol–water partition coefficient (Wildman–Crippen LogP) is 4.39. The molecule has 3 aromatic rings. The van der Waals surface area contributed by atoms with E-state index in [2.05, 4.69) is 10.4 Å². The highest BCUT2D eigenvalue weighted by molar-refractivity contribution is 6.30. The van der Waals surface area contributed by atoms with Gasteiger partial charge in [-0.2, -0.15) is 5.10 Å². The lowest BCUT2D eigenvalue weighted by molar-refractivity contribution is -0.140. The molecule has 1 aromatic heterocycles. The minimum absolute atomic E-state index is 0.449. The maximum absolute atomic E-state index is 13.4. The van der Waals surface area contributed by atoms with Gasteiger partial charge in [0, 0.05) is 11.4 Å². The molecule has 1 saturated heterocycles. The molecular weight excluding hydrogens is 468 g/mol. The Balaban J connectivity index is 1.40. The molecule has 2 aromatic carbocycles. The molecule has 3 heterocycles. The molecule has 0 bridgehead atoms. The number of urea groups is 1. The maximum Gasteiger partial charge on any atom is 0.325 e. The third-order valence-electron chi connectivity index (χ3n) is 6.41. The van der Waals surface area contributed by atoms with Gasteiger partial charge in [0.05, 0.1) is 12.0 Å². The summed E-state index contributed by atoms with van der Waals surface area (Å²) in [6.07, 6.45) is 1.99. The SMILES string of the molecule is Cc1ccc(C2=NN(C(=O)CN3C(=O)NC(C)(c4ccc(Cl)cc4)C3=O)C(c3ccco3)C2)cc1. The van der Waals surface area contributed by atoms with E-state index in [9.17, 15) is 14.4 Å². The average molecular weight is 491 g/mol. The first-order chi connectivity index (χ1) is 16.8. The van der Waals surface area contributed by atoms with Crippen molar-refractivity contribution in [2.24, 2.45) is 5.10 Å². The van der Waals surface area contributed by atoms with Crippen molar-refractivity contribution in [3.63, 3.8) is 0 Å². The molecule has 0 aliphatic carbocycles. The van der Waals surface area contributed by atoms with Crippen LogP contribution in [0, 0.1) is 6.92 Å². The summed E-state index contributed by atoms with van der Waals surface area (Å²) >= 11 is 5.97. The third kappa shape index (κ3) is 4.10. The molecule has 35 heavy (non-hydrogen) atoms. The van der Waals surface area contributed by atoms with Crippen molar-refractivity contribution in [2.75, 3.05) is 6.54 Å². The number of benzene rings is 2. The van der Waals surface area contributed by atoms with E-state index < -0.39 is 36.0 Å². The smallest absolute Gasteiger partial charge is 0.325 e. The van der Waals surface area contributed by atoms with Gasteiger partial charge in [-0.15, -0.1) is 0 Å². The van der Waals surface area contributed by atoms with Gasteiger partial charge >= 0.3 is 6.03 Å². The molecule has 4 amide bonds. The van der Waals surface area contributed by atoms with Crippen molar-refractivity contribution in [1.29, 1.82) is 0 Å². The summed E-state index contributed by atoms with van der Waals surface area (Å²) in [5.74, 6) is -0.431. The minimum Gasteiger partial charge on any atom is -0.467 e. The fourth-order valence-corrected chi connectivity index (χ4v) is 4.52. The van der Waals surface area contributed by atoms with Crippen LogP contribution in [0.2, 0.25) is 5.02 Å². The highest BCUT2D eigenvalue weighted by atomic mass is 35.5. The van der Waals surface area contributed by atoms with Gasteiger partial charge in [0.25, 0.3) is 11.8 Å². The molecule has 1 fully saturated rings. The Morgan fingerprint density at radius 1 is 1.14 bits per heavy atom. The van der Waals surface area contributed by atoms with Crippen LogP contribution in [0.4, 0.5) is 4.79 Å². The lowest BCUT2D eigenvalue weighted by atomic mass is 9.92. The number of hydrogen-bond donors (Lipinski definition) is 1. The Kier molecular flexibility index (Phi) is 5.68. The van der Waals surface area contributed by atoms with Gasteiger partial charge in [0.1, 0.15) is 23.9 Å². The monoisotopic (exact) mass is 490 g/mol. The topological polar surface area (TPSA) is 95.2 Å². The highest BCUT2D eigenvalue weighted by Crippen LogP contribution is 2.34. The number of furan rings is 1. The van der Waals surface area contributed by atoms with E-state index in [4.69, 9.17) is 16.0 Å². The lowest BCUT2D eigenvalue weighted by Gasteiger charge is -2.24. The van der Waals surface area contributed by atoms with Crippen LogP contribution in [0.25, 0.3) is 0 Å². The zero-order valence-electron chi connectivity index (χ0n) is 19.2. The zero-order chi connectivity index (χ0) is 24.7. The number of rotatable bonds is 5. The minimum atomic E-state index is -1.30. The van der Waals surface area contributed by atoms with E-state index in [0.29, 0.717) is 22.8 Å².